The van der Waals surface area contributed by atoms with Gasteiger partial charge in [-0.05, 0) is 90.9 Å². The molecule has 2 rings (SSSR count). The quantitative estimate of drug-likeness (QED) is 0.591. The summed E-state index contributed by atoms with van der Waals surface area (Å²) in [6.07, 6.45) is 7.22. The number of carbonyl (C=O) groups is 1. The van der Waals surface area contributed by atoms with E-state index in [4.69, 9.17) is 4.74 Å². The summed E-state index contributed by atoms with van der Waals surface area (Å²) < 4.78 is 5.47. The van der Waals surface area contributed by atoms with Crippen molar-refractivity contribution >= 4 is 5.91 Å². The Morgan fingerprint density at radius 3 is 2.26 bits per heavy atom. The molecule has 0 aromatic rings. The maximum atomic E-state index is 12.1. The van der Waals surface area contributed by atoms with Crippen LogP contribution in [-0.4, -0.2) is 73.7 Å². The maximum absolute atomic E-state index is 12.1. The lowest BCUT2D eigenvalue weighted by Crippen LogP contribution is -2.44. The van der Waals surface area contributed by atoms with E-state index < -0.39 is 0 Å². The first-order chi connectivity index (χ1) is 13.0. The van der Waals surface area contributed by atoms with Crippen LogP contribution in [-0.2, 0) is 9.53 Å². The normalized spacial score (nSPS) is 22.3. The molecule has 0 bridgehead atoms. The number of amides is 1. The zero-order chi connectivity index (χ0) is 19.6. The topological polar surface area (TPSA) is 44.8 Å². The molecular formula is C22H43N3O2. The summed E-state index contributed by atoms with van der Waals surface area (Å²) in [5, 5.41) is 3.00. The largest absolute Gasteiger partial charge is 0.377 e. The van der Waals surface area contributed by atoms with E-state index in [1.807, 2.05) is 13.8 Å². The van der Waals surface area contributed by atoms with Gasteiger partial charge in [0.15, 0.2) is 0 Å². The Balaban J connectivity index is 1.56. The van der Waals surface area contributed by atoms with E-state index in [1.54, 1.807) is 0 Å². The highest BCUT2D eigenvalue weighted by molar-refractivity contribution is 5.76. The van der Waals surface area contributed by atoms with E-state index in [-0.39, 0.29) is 12.0 Å². The molecule has 1 atom stereocenters. The van der Waals surface area contributed by atoms with Gasteiger partial charge in [0.2, 0.25) is 5.91 Å². The van der Waals surface area contributed by atoms with Gasteiger partial charge in [0.05, 0.1) is 12.7 Å². The van der Waals surface area contributed by atoms with Gasteiger partial charge in [0.25, 0.3) is 0 Å². The highest BCUT2D eigenvalue weighted by Gasteiger charge is 2.26. The van der Waals surface area contributed by atoms with Crippen molar-refractivity contribution in [3.8, 4) is 0 Å². The molecule has 1 amide bonds. The number of hydrogen-bond acceptors (Lipinski definition) is 4. The van der Waals surface area contributed by atoms with Crippen LogP contribution in [0.2, 0.25) is 0 Å². The number of nitrogens with zero attached hydrogens (tertiary/aromatic N) is 2. The fraction of sp³-hybridized carbons (Fsp3) is 0.955. The Kier molecular flexibility index (Phi) is 10.1. The summed E-state index contributed by atoms with van der Waals surface area (Å²) >= 11 is 0. The highest BCUT2D eigenvalue weighted by atomic mass is 16.5. The van der Waals surface area contributed by atoms with Crippen LogP contribution in [0.5, 0.6) is 0 Å². The molecule has 2 aliphatic heterocycles. The van der Waals surface area contributed by atoms with Crippen LogP contribution in [0.25, 0.3) is 0 Å². The third kappa shape index (κ3) is 8.49. The first kappa shape index (κ1) is 22.6. The molecule has 0 radical (unpaired) electrons. The summed E-state index contributed by atoms with van der Waals surface area (Å²) in [4.78, 5) is 17.4. The number of rotatable bonds is 10. The molecule has 2 aliphatic rings. The number of piperidine rings is 2. The van der Waals surface area contributed by atoms with E-state index in [0.717, 1.165) is 12.0 Å². The lowest BCUT2D eigenvalue weighted by molar-refractivity contribution is -0.122. The average Bonchev–Trinajstić information content (AvgIpc) is 2.66. The predicted molar refractivity (Wildman–Crippen MR) is 112 cm³/mol. The summed E-state index contributed by atoms with van der Waals surface area (Å²) in [7, 11) is 0. The van der Waals surface area contributed by atoms with Gasteiger partial charge >= 0.3 is 0 Å². The van der Waals surface area contributed by atoms with Crippen LogP contribution in [0.1, 0.15) is 66.2 Å². The number of likely N-dealkylation sites (tertiary alicyclic amines) is 2. The minimum absolute atomic E-state index is 0.193. The zero-order valence-corrected chi connectivity index (χ0v) is 18.2. The summed E-state index contributed by atoms with van der Waals surface area (Å²) in [5.74, 6) is 1.61. The monoisotopic (exact) mass is 381 g/mol. The fourth-order valence-electron chi connectivity index (χ4n) is 4.39. The van der Waals surface area contributed by atoms with Gasteiger partial charge in [-0.1, -0.05) is 6.92 Å². The lowest BCUT2D eigenvalue weighted by atomic mass is 9.90. The van der Waals surface area contributed by atoms with Crippen molar-refractivity contribution in [3.63, 3.8) is 0 Å². The smallest absolute Gasteiger partial charge is 0.220 e. The number of carbonyl (C=O) groups excluding carboxylic acids is 1. The first-order valence-corrected chi connectivity index (χ1v) is 11.3. The van der Waals surface area contributed by atoms with Crippen molar-refractivity contribution < 1.29 is 9.53 Å². The Morgan fingerprint density at radius 1 is 1.04 bits per heavy atom. The minimum Gasteiger partial charge on any atom is -0.377 e. The second kappa shape index (κ2) is 12.0. The SMILES string of the molecule is CCC(C)N1CCC(CN2CCC(CC(=O)NCCOC(C)C)CC2)CC1. The molecule has 158 valence electrons. The van der Waals surface area contributed by atoms with E-state index in [9.17, 15) is 4.79 Å². The highest BCUT2D eigenvalue weighted by Crippen LogP contribution is 2.25. The average molecular weight is 382 g/mol. The molecular weight excluding hydrogens is 338 g/mol. The number of hydrogen-bond donors (Lipinski definition) is 1. The van der Waals surface area contributed by atoms with Gasteiger partial charge < -0.3 is 19.9 Å². The summed E-state index contributed by atoms with van der Waals surface area (Å²) in [6.45, 7) is 16.1. The van der Waals surface area contributed by atoms with Crippen LogP contribution >= 0.6 is 0 Å². The van der Waals surface area contributed by atoms with Gasteiger partial charge in [0, 0.05) is 25.6 Å². The Bertz CT molecular complexity index is 414. The molecule has 2 saturated heterocycles. The standard InChI is InChI=1S/C22H43N3O2/c1-5-19(4)25-13-8-21(9-14-25)17-24-11-6-20(7-12-24)16-22(26)23-10-15-27-18(2)3/h18-21H,5-17H2,1-4H3,(H,23,26). The van der Waals surface area contributed by atoms with Gasteiger partial charge in [-0.25, -0.2) is 0 Å². The Morgan fingerprint density at radius 2 is 1.67 bits per heavy atom. The molecule has 0 spiro atoms. The molecule has 27 heavy (non-hydrogen) atoms. The van der Waals surface area contributed by atoms with Crippen LogP contribution in [0.4, 0.5) is 0 Å². The van der Waals surface area contributed by atoms with Crippen LogP contribution < -0.4 is 5.32 Å². The van der Waals surface area contributed by atoms with Gasteiger partial charge in [-0.15, -0.1) is 0 Å². The molecule has 0 aliphatic carbocycles. The second-order valence-corrected chi connectivity index (χ2v) is 8.95. The molecule has 0 aromatic carbocycles. The van der Waals surface area contributed by atoms with E-state index in [0.29, 0.717) is 25.5 Å². The second-order valence-electron chi connectivity index (χ2n) is 8.95. The minimum atomic E-state index is 0.193. The van der Waals surface area contributed by atoms with Gasteiger partial charge in [0.1, 0.15) is 0 Å². The zero-order valence-electron chi connectivity index (χ0n) is 18.2. The Hall–Kier alpha value is -0.650. The fourth-order valence-corrected chi connectivity index (χ4v) is 4.39. The third-order valence-electron chi connectivity index (χ3n) is 6.44. The molecule has 1 unspecified atom stereocenters. The summed E-state index contributed by atoms with van der Waals surface area (Å²) in [6, 6.07) is 0.741. The van der Waals surface area contributed by atoms with E-state index >= 15 is 0 Å². The van der Waals surface area contributed by atoms with E-state index in [1.165, 1.54) is 64.8 Å². The Labute approximate surface area is 167 Å². The van der Waals surface area contributed by atoms with Crippen molar-refractivity contribution in [1.82, 2.24) is 15.1 Å². The summed E-state index contributed by atoms with van der Waals surface area (Å²) in [5.41, 5.74) is 0. The van der Waals surface area contributed by atoms with Crippen LogP contribution in [0.15, 0.2) is 0 Å². The lowest BCUT2D eigenvalue weighted by Gasteiger charge is -2.39. The van der Waals surface area contributed by atoms with Crippen molar-refractivity contribution in [1.29, 1.82) is 0 Å². The van der Waals surface area contributed by atoms with Gasteiger partial charge in [-0.2, -0.15) is 0 Å². The van der Waals surface area contributed by atoms with E-state index in [2.05, 4.69) is 29.0 Å². The van der Waals surface area contributed by atoms with Crippen LogP contribution in [0.3, 0.4) is 0 Å². The molecule has 2 fully saturated rings. The molecule has 0 saturated carbocycles. The molecule has 2 heterocycles. The third-order valence-corrected chi connectivity index (χ3v) is 6.44. The van der Waals surface area contributed by atoms with Crippen molar-refractivity contribution in [2.24, 2.45) is 11.8 Å². The number of nitrogens with one attached hydrogen (secondary N) is 1. The predicted octanol–water partition coefficient (Wildman–Crippen LogP) is 3.14. The maximum Gasteiger partial charge on any atom is 0.220 e. The van der Waals surface area contributed by atoms with Gasteiger partial charge in [-0.3, -0.25) is 4.79 Å². The molecule has 1 N–H and O–H groups in total. The molecule has 0 aromatic heterocycles. The van der Waals surface area contributed by atoms with Crippen LogP contribution in [0, 0.1) is 11.8 Å². The van der Waals surface area contributed by atoms with Crippen molar-refractivity contribution in [2.75, 3.05) is 45.9 Å². The number of ether oxygens (including phenoxy) is 1. The molecule has 5 heteroatoms. The molecule has 5 nitrogen and oxygen atoms in total. The van der Waals surface area contributed by atoms with Crippen molar-refractivity contribution in [3.05, 3.63) is 0 Å². The first-order valence-electron chi connectivity index (χ1n) is 11.3. The van der Waals surface area contributed by atoms with Crippen molar-refractivity contribution in [2.45, 2.75) is 78.4 Å².